The molecule has 0 spiro atoms. The summed E-state index contributed by atoms with van der Waals surface area (Å²) in [4.78, 5) is 5.14. The lowest BCUT2D eigenvalue weighted by Crippen LogP contribution is -2.39. The minimum absolute atomic E-state index is 0.296. The molecule has 0 saturated heterocycles. The van der Waals surface area contributed by atoms with Crippen LogP contribution in [0.5, 0.6) is 0 Å². The molecule has 0 amide bonds. The Labute approximate surface area is 225 Å². The summed E-state index contributed by atoms with van der Waals surface area (Å²) in [5.41, 5.74) is -1.62. The van der Waals surface area contributed by atoms with Crippen molar-refractivity contribution in [1.29, 1.82) is 0 Å². The van der Waals surface area contributed by atoms with Crippen LogP contribution in [0.3, 0.4) is 0 Å². The van der Waals surface area contributed by atoms with E-state index < -0.39 is 33.6 Å². The quantitative estimate of drug-likeness (QED) is 0.254. The van der Waals surface area contributed by atoms with E-state index in [1.165, 1.54) is 23.6 Å². The summed E-state index contributed by atoms with van der Waals surface area (Å²) in [6, 6.07) is 16.7. The van der Waals surface area contributed by atoms with Crippen LogP contribution in [0.25, 0.3) is 21.3 Å². The lowest BCUT2D eigenvalue weighted by molar-refractivity contribution is -0.258. The van der Waals surface area contributed by atoms with Crippen molar-refractivity contribution < 1.29 is 22.5 Å². The zero-order valence-electron chi connectivity index (χ0n) is 20.6. The van der Waals surface area contributed by atoms with E-state index in [2.05, 4.69) is 9.71 Å². The highest BCUT2D eigenvalue weighted by Crippen LogP contribution is 2.42. The van der Waals surface area contributed by atoms with E-state index in [1.54, 1.807) is 18.2 Å². The van der Waals surface area contributed by atoms with Crippen molar-refractivity contribution in [2.75, 3.05) is 0 Å². The number of hydrogen-bond donors (Lipinski definition) is 2. The molecule has 10 heteroatoms. The zero-order valence-corrected chi connectivity index (χ0v) is 22.9. The van der Waals surface area contributed by atoms with E-state index in [-0.39, 0.29) is 5.56 Å². The van der Waals surface area contributed by atoms with Crippen LogP contribution in [-0.2, 0) is 16.6 Å². The summed E-state index contributed by atoms with van der Waals surface area (Å²) < 4.78 is 57.0. The van der Waals surface area contributed by atoms with E-state index in [0.717, 1.165) is 33.5 Å². The Kier molecular flexibility index (Phi) is 7.58. The molecule has 196 valence electrons. The molecule has 0 fully saturated rings. The van der Waals surface area contributed by atoms with Crippen LogP contribution in [0.2, 0.25) is 5.02 Å². The number of nitrogens with zero attached hydrogens (tertiary/aromatic N) is 1. The number of nitrogens with one attached hydrogen (secondary N) is 1. The molecular weight excluding hydrogens is 541 g/mol. The van der Waals surface area contributed by atoms with Crippen molar-refractivity contribution in [1.82, 2.24) is 9.71 Å². The fourth-order valence-corrected chi connectivity index (χ4v) is 6.13. The summed E-state index contributed by atoms with van der Waals surface area (Å²) >= 11 is 7.95. The monoisotopic (exact) mass is 566 g/mol. The second kappa shape index (κ2) is 10.1. The number of aromatic nitrogens is 1. The average Bonchev–Trinajstić information content (AvgIpc) is 3.26. The minimum Gasteiger partial charge on any atom is -0.376 e. The molecule has 0 aliphatic carbocycles. The number of rotatable bonds is 6. The Balaban J connectivity index is 1.84. The summed E-state index contributed by atoms with van der Waals surface area (Å²) in [5.74, 6) is 0. The highest BCUT2D eigenvalue weighted by atomic mass is 35.5. The first-order valence-electron chi connectivity index (χ1n) is 11.4. The molecule has 0 bridgehead atoms. The minimum atomic E-state index is -4.84. The van der Waals surface area contributed by atoms with Crippen LogP contribution < -0.4 is 4.72 Å². The van der Waals surface area contributed by atoms with Gasteiger partial charge in [0, 0.05) is 26.4 Å². The second-order valence-electron chi connectivity index (χ2n) is 9.83. The van der Waals surface area contributed by atoms with Gasteiger partial charge in [0.05, 0.1) is 27.5 Å². The Hall–Kier alpha value is -2.30. The number of alkyl halides is 3. The molecule has 4 aromatic rings. The fraction of sp³-hybridized carbons (Fsp3) is 0.296. The maximum absolute atomic E-state index is 13.5. The van der Waals surface area contributed by atoms with Crippen LogP contribution in [0.4, 0.5) is 13.2 Å². The molecule has 1 unspecified atom stereocenters. The molecule has 2 aromatic carbocycles. The topological polar surface area (TPSA) is 62.2 Å². The number of thiophene rings is 1. The van der Waals surface area contributed by atoms with Crippen molar-refractivity contribution in [2.24, 2.45) is 0 Å². The second-order valence-corrected chi connectivity index (χ2v) is 13.3. The molecule has 4 rings (SSSR count). The van der Waals surface area contributed by atoms with Crippen LogP contribution in [0.1, 0.15) is 49.7 Å². The summed E-state index contributed by atoms with van der Waals surface area (Å²) in [6.45, 7) is 6.34. The van der Waals surface area contributed by atoms with Gasteiger partial charge in [0.25, 0.3) is 0 Å². The lowest BCUT2D eigenvalue weighted by Gasteiger charge is -2.26. The van der Waals surface area contributed by atoms with Gasteiger partial charge in [-0.1, -0.05) is 48.0 Å². The normalized spacial score (nSPS) is 15.9. The Morgan fingerprint density at radius 2 is 1.73 bits per heavy atom. The molecule has 37 heavy (non-hydrogen) atoms. The van der Waals surface area contributed by atoms with Gasteiger partial charge in [-0.05, 0) is 68.5 Å². The molecule has 2 aromatic heterocycles. The van der Waals surface area contributed by atoms with Crippen molar-refractivity contribution in [3.05, 3.63) is 87.9 Å². The van der Waals surface area contributed by atoms with E-state index in [9.17, 15) is 22.5 Å². The third-order valence-corrected chi connectivity index (χ3v) is 9.15. The standard InChI is InChI=1S/C27H26ClF3N2O2S2/c1-25(2,3)37(35)33-23(18-9-5-6-11-20(18)28)22-14-16-8-7-10-19(24(16)36-22)21-15-17(12-13-32-21)26(4,34)27(29,30)31/h5-15,23,33-34H,1-4H3/t23-,26+,37?/m1/s1. The van der Waals surface area contributed by atoms with E-state index >= 15 is 0 Å². The molecule has 2 heterocycles. The first kappa shape index (κ1) is 27.7. The maximum atomic E-state index is 13.5. The van der Waals surface area contributed by atoms with E-state index in [4.69, 9.17) is 11.6 Å². The van der Waals surface area contributed by atoms with Gasteiger partial charge in [-0.15, -0.1) is 11.3 Å². The summed E-state index contributed by atoms with van der Waals surface area (Å²) in [6.07, 6.45) is -3.58. The van der Waals surface area contributed by atoms with Gasteiger partial charge in [-0.2, -0.15) is 13.2 Å². The van der Waals surface area contributed by atoms with E-state index in [0.29, 0.717) is 16.3 Å². The number of fused-ring (bicyclic) bond motifs is 1. The van der Waals surface area contributed by atoms with E-state index in [1.807, 2.05) is 51.1 Å². The van der Waals surface area contributed by atoms with Gasteiger partial charge in [0.15, 0.2) is 5.60 Å². The van der Waals surface area contributed by atoms with Crippen molar-refractivity contribution in [3.8, 4) is 11.3 Å². The molecule has 0 aliphatic rings. The predicted molar refractivity (Wildman–Crippen MR) is 145 cm³/mol. The number of hydrogen-bond acceptors (Lipinski definition) is 4. The van der Waals surface area contributed by atoms with Gasteiger partial charge in [-0.25, -0.2) is 8.93 Å². The van der Waals surface area contributed by atoms with Gasteiger partial charge in [0.2, 0.25) is 0 Å². The lowest BCUT2D eigenvalue weighted by atomic mass is 9.94. The third-order valence-electron chi connectivity index (χ3n) is 5.99. The van der Waals surface area contributed by atoms with Gasteiger partial charge in [-0.3, -0.25) is 4.98 Å². The highest BCUT2D eigenvalue weighted by molar-refractivity contribution is 7.84. The van der Waals surface area contributed by atoms with Crippen molar-refractivity contribution in [3.63, 3.8) is 0 Å². The van der Waals surface area contributed by atoms with Crippen LogP contribution in [0, 0.1) is 0 Å². The molecule has 3 atom stereocenters. The Morgan fingerprint density at radius 1 is 1.03 bits per heavy atom. The predicted octanol–water partition coefficient (Wildman–Crippen LogP) is 7.53. The largest absolute Gasteiger partial charge is 0.421 e. The third kappa shape index (κ3) is 5.61. The van der Waals surface area contributed by atoms with Crippen LogP contribution >= 0.6 is 22.9 Å². The molecule has 0 aliphatic heterocycles. The Morgan fingerprint density at radius 3 is 2.38 bits per heavy atom. The number of aliphatic hydroxyl groups is 1. The van der Waals surface area contributed by atoms with Crippen LogP contribution in [0.15, 0.2) is 66.9 Å². The number of halogens is 4. The van der Waals surface area contributed by atoms with Gasteiger partial charge < -0.3 is 5.11 Å². The van der Waals surface area contributed by atoms with Gasteiger partial charge >= 0.3 is 6.18 Å². The van der Waals surface area contributed by atoms with Crippen molar-refractivity contribution >= 4 is 44.0 Å². The molecule has 2 N–H and O–H groups in total. The maximum Gasteiger partial charge on any atom is 0.421 e. The molecular formula is C27H26ClF3N2O2S2. The first-order valence-corrected chi connectivity index (χ1v) is 13.8. The molecule has 4 nitrogen and oxygen atoms in total. The number of benzene rings is 2. The summed E-state index contributed by atoms with van der Waals surface area (Å²) in [7, 11) is -1.41. The highest BCUT2D eigenvalue weighted by Gasteiger charge is 2.51. The van der Waals surface area contributed by atoms with Crippen molar-refractivity contribution in [2.45, 2.75) is 50.3 Å². The van der Waals surface area contributed by atoms with Gasteiger partial charge in [0.1, 0.15) is 0 Å². The zero-order chi connectivity index (χ0) is 27.2. The smallest absolute Gasteiger partial charge is 0.376 e. The molecule has 0 saturated carbocycles. The SMILES string of the molecule is CC(C)(C)S(=O)N[C@@H](c1cc2cccc(-c3cc([C@](C)(O)C(F)(F)F)ccn3)c2s1)c1ccccc1Cl. The van der Waals surface area contributed by atoms with Crippen LogP contribution in [-0.4, -0.2) is 25.2 Å². The average molecular weight is 567 g/mol. The molecule has 0 radical (unpaired) electrons. The summed E-state index contributed by atoms with van der Waals surface area (Å²) in [5, 5.41) is 11.6. The number of pyridine rings is 1. The fourth-order valence-electron chi connectivity index (χ4n) is 3.74. The Bertz CT molecular complexity index is 1460. The first-order chi connectivity index (χ1) is 17.2.